The molecule has 0 aliphatic heterocycles. The molecule has 0 unspecified atom stereocenters. The smallest absolute Gasteiger partial charge is 0.162 e. The van der Waals surface area contributed by atoms with Gasteiger partial charge in [0.05, 0.1) is 0 Å². The van der Waals surface area contributed by atoms with Crippen LogP contribution in [0.5, 0.6) is 0 Å². The molecule has 0 spiro atoms. The summed E-state index contributed by atoms with van der Waals surface area (Å²) < 4.78 is 0. The normalized spacial score (nSPS) is 10.1. The number of azide groups is 1. The number of ketones is 2. The number of hydrogen-bond acceptors (Lipinski definition) is 3. The van der Waals surface area contributed by atoms with Gasteiger partial charge in [0.2, 0.25) is 0 Å². The summed E-state index contributed by atoms with van der Waals surface area (Å²) in [5.74, 6) is -0.884. The maximum atomic E-state index is 10.8. The number of hydrogen-bond donors (Lipinski definition) is 0. The van der Waals surface area contributed by atoms with Gasteiger partial charge in [0.1, 0.15) is 11.6 Å². The van der Waals surface area contributed by atoms with E-state index in [0.29, 0.717) is 0 Å². The predicted molar refractivity (Wildman–Crippen MR) is 38.9 cm³/mol. The van der Waals surface area contributed by atoms with Crippen LogP contribution in [-0.4, -0.2) is 17.1 Å². The van der Waals surface area contributed by atoms with Crippen LogP contribution in [-0.2, 0) is 9.59 Å². The van der Waals surface area contributed by atoms with Gasteiger partial charge in [-0.1, -0.05) is 5.11 Å². The molecule has 0 N–H and O–H groups in total. The molecular formula is C6H9N3O2. The van der Waals surface area contributed by atoms with E-state index in [2.05, 4.69) is 10.0 Å². The Kier molecular flexibility index (Phi) is 2.78. The molecule has 0 bridgehead atoms. The molecule has 0 saturated carbocycles. The summed E-state index contributed by atoms with van der Waals surface area (Å²) in [6.07, 6.45) is 0. The highest BCUT2D eigenvalue weighted by Crippen LogP contribution is 2.12. The predicted octanol–water partition coefficient (Wildman–Crippen LogP) is 1.23. The molecule has 0 rings (SSSR count). The van der Waals surface area contributed by atoms with Crippen LogP contribution in [0.15, 0.2) is 5.11 Å². The Balaban J connectivity index is 4.97. The van der Waals surface area contributed by atoms with E-state index in [4.69, 9.17) is 5.53 Å². The van der Waals surface area contributed by atoms with Crippen molar-refractivity contribution >= 4 is 11.6 Å². The van der Waals surface area contributed by atoms with Gasteiger partial charge >= 0.3 is 0 Å². The minimum atomic E-state index is -1.52. The van der Waals surface area contributed by atoms with Crippen LogP contribution < -0.4 is 0 Å². The number of carbonyl (C=O) groups excluding carboxylic acids is 2. The van der Waals surface area contributed by atoms with E-state index in [1.165, 1.54) is 20.8 Å². The Bertz CT molecular complexity index is 221. The molecular weight excluding hydrogens is 146 g/mol. The van der Waals surface area contributed by atoms with Crippen LogP contribution in [0, 0.1) is 0 Å². The van der Waals surface area contributed by atoms with Gasteiger partial charge in [0.25, 0.3) is 0 Å². The van der Waals surface area contributed by atoms with Crippen molar-refractivity contribution in [3.63, 3.8) is 0 Å². The quantitative estimate of drug-likeness (QED) is 0.266. The highest BCUT2D eigenvalue weighted by atomic mass is 16.2. The van der Waals surface area contributed by atoms with Crippen LogP contribution >= 0.6 is 0 Å². The van der Waals surface area contributed by atoms with E-state index in [0.717, 1.165) is 0 Å². The first-order valence-corrected chi connectivity index (χ1v) is 3.03. The van der Waals surface area contributed by atoms with E-state index >= 15 is 0 Å². The van der Waals surface area contributed by atoms with E-state index in [9.17, 15) is 9.59 Å². The van der Waals surface area contributed by atoms with Crippen LogP contribution in [0.2, 0.25) is 0 Å². The van der Waals surface area contributed by atoms with Crippen molar-refractivity contribution in [1.82, 2.24) is 0 Å². The largest absolute Gasteiger partial charge is 0.299 e. The number of carbonyl (C=O) groups is 2. The lowest BCUT2D eigenvalue weighted by atomic mass is 9.94. The van der Waals surface area contributed by atoms with Crippen molar-refractivity contribution < 1.29 is 9.59 Å². The first kappa shape index (κ1) is 9.65. The fourth-order valence-corrected chi connectivity index (χ4v) is 0.478. The van der Waals surface area contributed by atoms with Crippen molar-refractivity contribution in [2.75, 3.05) is 0 Å². The second kappa shape index (κ2) is 3.16. The molecule has 5 heteroatoms. The number of rotatable bonds is 3. The molecule has 11 heavy (non-hydrogen) atoms. The number of Topliss-reactive ketones (excluding diaryl/α,β-unsaturated/α-hetero) is 2. The Hall–Kier alpha value is -1.35. The first-order valence-electron chi connectivity index (χ1n) is 3.03. The molecule has 60 valence electrons. The van der Waals surface area contributed by atoms with Gasteiger partial charge in [-0.2, -0.15) is 0 Å². The minimum Gasteiger partial charge on any atom is -0.299 e. The molecule has 0 radical (unpaired) electrons. The van der Waals surface area contributed by atoms with Gasteiger partial charge in [-0.05, 0) is 26.3 Å². The van der Waals surface area contributed by atoms with Crippen molar-refractivity contribution in [2.45, 2.75) is 26.3 Å². The Morgan fingerprint density at radius 2 is 1.73 bits per heavy atom. The van der Waals surface area contributed by atoms with Crippen LogP contribution in [0.1, 0.15) is 20.8 Å². The summed E-state index contributed by atoms with van der Waals surface area (Å²) in [7, 11) is 0. The van der Waals surface area contributed by atoms with Crippen LogP contribution in [0.3, 0.4) is 0 Å². The molecule has 0 aromatic rings. The molecule has 0 amide bonds. The van der Waals surface area contributed by atoms with Gasteiger partial charge in [-0.3, -0.25) is 9.59 Å². The minimum absolute atomic E-state index is 0.442. The average molecular weight is 155 g/mol. The standard InChI is InChI=1S/C6H9N3O2/c1-4(10)6(3,5(2)11)8-9-7/h1-3H3. The molecule has 0 heterocycles. The topological polar surface area (TPSA) is 82.9 Å². The fourth-order valence-electron chi connectivity index (χ4n) is 0.478. The van der Waals surface area contributed by atoms with Crippen molar-refractivity contribution in [3.8, 4) is 0 Å². The number of nitrogens with zero attached hydrogens (tertiary/aromatic N) is 3. The molecule has 5 nitrogen and oxygen atoms in total. The fraction of sp³-hybridized carbons (Fsp3) is 0.667. The molecule has 0 fully saturated rings. The van der Waals surface area contributed by atoms with Crippen LogP contribution in [0.4, 0.5) is 0 Å². The molecule has 0 aliphatic rings. The lowest BCUT2D eigenvalue weighted by Gasteiger charge is -2.15. The third kappa shape index (κ3) is 1.78. The summed E-state index contributed by atoms with van der Waals surface area (Å²) in [5.41, 5.74) is 6.53. The lowest BCUT2D eigenvalue weighted by Crippen LogP contribution is -2.38. The zero-order valence-corrected chi connectivity index (χ0v) is 6.66. The van der Waals surface area contributed by atoms with E-state index in [1.54, 1.807) is 0 Å². The molecule has 0 saturated heterocycles. The van der Waals surface area contributed by atoms with E-state index in [-0.39, 0.29) is 0 Å². The van der Waals surface area contributed by atoms with Gasteiger partial charge < -0.3 is 0 Å². The van der Waals surface area contributed by atoms with Crippen molar-refractivity contribution in [2.24, 2.45) is 5.11 Å². The Labute approximate surface area is 64.0 Å². The molecule has 0 aromatic carbocycles. The second-order valence-corrected chi connectivity index (χ2v) is 2.37. The van der Waals surface area contributed by atoms with Gasteiger partial charge in [-0.15, -0.1) is 0 Å². The van der Waals surface area contributed by atoms with Crippen molar-refractivity contribution in [1.29, 1.82) is 0 Å². The SMILES string of the molecule is CC(=O)C(C)(N=[N+]=[N-])C(C)=O. The lowest BCUT2D eigenvalue weighted by molar-refractivity contribution is -0.131. The summed E-state index contributed by atoms with van der Waals surface area (Å²) in [5, 5.41) is 3.14. The van der Waals surface area contributed by atoms with E-state index < -0.39 is 17.1 Å². The molecule has 0 atom stereocenters. The maximum Gasteiger partial charge on any atom is 0.162 e. The van der Waals surface area contributed by atoms with Gasteiger partial charge in [0.15, 0.2) is 5.54 Å². The van der Waals surface area contributed by atoms with Crippen LogP contribution in [0.25, 0.3) is 10.4 Å². The van der Waals surface area contributed by atoms with Gasteiger partial charge in [-0.25, -0.2) is 0 Å². The monoisotopic (exact) mass is 155 g/mol. The molecule has 0 aliphatic carbocycles. The summed E-state index contributed by atoms with van der Waals surface area (Å²) in [6, 6.07) is 0. The zero-order chi connectivity index (χ0) is 9.07. The van der Waals surface area contributed by atoms with Gasteiger partial charge in [0, 0.05) is 4.91 Å². The zero-order valence-electron chi connectivity index (χ0n) is 6.66. The second-order valence-electron chi connectivity index (χ2n) is 2.37. The van der Waals surface area contributed by atoms with Crippen molar-refractivity contribution in [3.05, 3.63) is 10.4 Å². The summed E-state index contributed by atoms with van der Waals surface area (Å²) in [6.45, 7) is 3.74. The highest BCUT2D eigenvalue weighted by molar-refractivity contribution is 6.09. The Morgan fingerprint density at radius 3 is 1.82 bits per heavy atom. The summed E-state index contributed by atoms with van der Waals surface area (Å²) in [4.78, 5) is 24.1. The first-order chi connectivity index (χ1) is 4.95. The van der Waals surface area contributed by atoms with E-state index in [1.807, 2.05) is 0 Å². The third-order valence-electron chi connectivity index (χ3n) is 1.62. The average Bonchev–Trinajstić information content (AvgIpc) is 1.87. The highest BCUT2D eigenvalue weighted by Gasteiger charge is 2.33. The Morgan fingerprint density at radius 1 is 1.36 bits per heavy atom. The third-order valence-corrected chi connectivity index (χ3v) is 1.62. The maximum absolute atomic E-state index is 10.8. The summed E-state index contributed by atoms with van der Waals surface area (Å²) >= 11 is 0. The molecule has 0 aromatic heterocycles.